The van der Waals surface area contributed by atoms with Crippen LogP contribution in [0, 0.1) is 11.3 Å². The molecule has 0 unspecified atom stereocenters. The molecule has 76 valence electrons. The Labute approximate surface area is 78.5 Å². The lowest BCUT2D eigenvalue weighted by Crippen LogP contribution is -2.24. The van der Waals surface area contributed by atoms with Crippen molar-refractivity contribution in [2.45, 2.75) is 39.8 Å². The molecular weight excluding hydrogens is 171 g/mol. The van der Waals surface area contributed by atoms with Gasteiger partial charge in [0, 0.05) is 0 Å². The zero-order chi connectivity index (χ0) is 10.1. The molecule has 1 heterocycles. The summed E-state index contributed by atoms with van der Waals surface area (Å²) in [5, 5.41) is 0. The van der Waals surface area contributed by atoms with Crippen LogP contribution in [0.2, 0.25) is 0 Å². The molecule has 2 atom stereocenters. The van der Waals surface area contributed by atoms with Gasteiger partial charge in [-0.1, -0.05) is 20.8 Å². The fraction of sp³-hybridized carbons (Fsp3) is 0.900. The maximum Gasteiger partial charge on any atom is 0.340 e. The third-order valence-electron chi connectivity index (χ3n) is 2.68. The summed E-state index contributed by atoms with van der Waals surface area (Å²) in [6.07, 6.45) is -0.343. The number of ether oxygens (including phenoxy) is 1. The Hall–Kier alpha value is -0.600. The molecule has 0 amide bonds. The molecule has 0 aromatic heterocycles. The Morgan fingerprint density at radius 3 is 2.62 bits per heavy atom. The molecule has 0 aromatic carbocycles. The van der Waals surface area contributed by atoms with Gasteiger partial charge in [-0.15, -0.1) is 0 Å². The number of carbonyl (C=O) groups excluding carboxylic acids is 1. The van der Waals surface area contributed by atoms with Crippen LogP contribution >= 0.6 is 0 Å². The minimum atomic E-state index is -1.42. The molecule has 1 aliphatic heterocycles. The predicted octanol–water partition coefficient (Wildman–Crippen LogP) is 2.32. The van der Waals surface area contributed by atoms with Crippen LogP contribution in [0.25, 0.3) is 0 Å². The number of esters is 1. The highest BCUT2D eigenvalue weighted by Crippen LogP contribution is 2.34. The van der Waals surface area contributed by atoms with E-state index in [4.69, 9.17) is 4.74 Å². The Morgan fingerprint density at radius 1 is 1.46 bits per heavy atom. The fourth-order valence-electron chi connectivity index (χ4n) is 1.64. The van der Waals surface area contributed by atoms with Gasteiger partial charge in [-0.2, -0.15) is 0 Å². The number of halogens is 1. The number of cyclic esters (lactones) is 1. The van der Waals surface area contributed by atoms with Crippen molar-refractivity contribution in [3.8, 4) is 0 Å². The largest absolute Gasteiger partial charge is 0.464 e. The van der Waals surface area contributed by atoms with E-state index in [1.165, 1.54) is 0 Å². The van der Waals surface area contributed by atoms with Crippen LogP contribution in [0.1, 0.15) is 33.6 Å². The maximum atomic E-state index is 13.1. The van der Waals surface area contributed by atoms with Crippen LogP contribution in [-0.2, 0) is 9.53 Å². The number of carbonyl (C=O) groups is 1. The van der Waals surface area contributed by atoms with Crippen molar-refractivity contribution in [3.05, 3.63) is 0 Å². The first-order valence-corrected chi connectivity index (χ1v) is 4.72. The Balaban J connectivity index is 2.64. The SMILES string of the molecule is CC(C)(C)[C@H]1CCOC(=O)[C@H](F)C1. The first-order valence-electron chi connectivity index (χ1n) is 4.72. The summed E-state index contributed by atoms with van der Waals surface area (Å²) < 4.78 is 17.9. The van der Waals surface area contributed by atoms with E-state index in [-0.39, 0.29) is 11.3 Å². The molecule has 1 fully saturated rings. The van der Waals surface area contributed by atoms with Crippen molar-refractivity contribution in [2.24, 2.45) is 11.3 Å². The summed E-state index contributed by atoms with van der Waals surface area (Å²) >= 11 is 0. The first kappa shape index (κ1) is 10.5. The number of hydrogen-bond acceptors (Lipinski definition) is 2. The van der Waals surface area contributed by atoms with E-state index in [1.54, 1.807) is 0 Å². The van der Waals surface area contributed by atoms with Crippen molar-refractivity contribution in [1.29, 1.82) is 0 Å². The lowest BCUT2D eigenvalue weighted by Gasteiger charge is -2.29. The van der Waals surface area contributed by atoms with Gasteiger partial charge in [-0.05, 0) is 24.2 Å². The third-order valence-corrected chi connectivity index (χ3v) is 2.68. The minimum Gasteiger partial charge on any atom is -0.464 e. The van der Waals surface area contributed by atoms with Gasteiger partial charge in [-0.25, -0.2) is 9.18 Å². The zero-order valence-corrected chi connectivity index (χ0v) is 8.47. The second-order valence-corrected chi connectivity index (χ2v) is 4.72. The quantitative estimate of drug-likeness (QED) is 0.545. The lowest BCUT2D eigenvalue weighted by molar-refractivity contribution is -0.148. The molecule has 0 bridgehead atoms. The highest BCUT2D eigenvalue weighted by atomic mass is 19.1. The van der Waals surface area contributed by atoms with Crippen molar-refractivity contribution < 1.29 is 13.9 Å². The summed E-state index contributed by atoms with van der Waals surface area (Å²) in [6.45, 7) is 6.57. The van der Waals surface area contributed by atoms with Crippen molar-refractivity contribution in [2.75, 3.05) is 6.61 Å². The normalized spacial score (nSPS) is 30.9. The Kier molecular flexibility index (Phi) is 2.94. The number of alkyl halides is 1. The summed E-state index contributed by atoms with van der Waals surface area (Å²) in [4.78, 5) is 10.9. The van der Waals surface area contributed by atoms with Gasteiger partial charge < -0.3 is 4.74 Å². The molecule has 13 heavy (non-hydrogen) atoms. The van der Waals surface area contributed by atoms with Gasteiger partial charge in [0.25, 0.3) is 0 Å². The third kappa shape index (κ3) is 2.68. The van der Waals surface area contributed by atoms with E-state index < -0.39 is 12.1 Å². The monoisotopic (exact) mass is 188 g/mol. The fourth-order valence-corrected chi connectivity index (χ4v) is 1.64. The molecule has 0 saturated carbocycles. The van der Waals surface area contributed by atoms with Crippen LogP contribution in [0.4, 0.5) is 4.39 Å². The highest BCUT2D eigenvalue weighted by molar-refractivity contribution is 5.74. The van der Waals surface area contributed by atoms with E-state index >= 15 is 0 Å². The van der Waals surface area contributed by atoms with Gasteiger partial charge in [-0.3, -0.25) is 0 Å². The second kappa shape index (κ2) is 3.64. The number of hydrogen-bond donors (Lipinski definition) is 0. The van der Waals surface area contributed by atoms with Crippen molar-refractivity contribution in [3.63, 3.8) is 0 Å². The van der Waals surface area contributed by atoms with Gasteiger partial charge in [0.15, 0.2) is 6.17 Å². The molecule has 0 aromatic rings. The lowest BCUT2D eigenvalue weighted by atomic mass is 9.76. The van der Waals surface area contributed by atoms with E-state index in [9.17, 15) is 9.18 Å². The standard InChI is InChI=1S/C10H17FO2/c1-10(2,3)7-4-5-13-9(12)8(11)6-7/h7-8H,4-6H2,1-3H3/t7-,8+/m0/s1. The average molecular weight is 188 g/mol. The summed E-state index contributed by atoms with van der Waals surface area (Å²) in [5.41, 5.74) is 0.0539. The van der Waals surface area contributed by atoms with Gasteiger partial charge >= 0.3 is 5.97 Å². The topological polar surface area (TPSA) is 26.3 Å². The number of rotatable bonds is 0. The molecular formula is C10H17FO2. The average Bonchev–Trinajstić information content (AvgIpc) is 2.13. The van der Waals surface area contributed by atoms with Crippen LogP contribution in [0.5, 0.6) is 0 Å². The molecule has 0 radical (unpaired) electrons. The van der Waals surface area contributed by atoms with E-state index in [2.05, 4.69) is 20.8 Å². The van der Waals surface area contributed by atoms with Crippen molar-refractivity contribution >= 4 is 5.97 Å². The van der Waals surface area contributed by atoms with Gasteiger partial charge in [0.1, 0.15) is 0 Å². The molecule has 0 aliphatic carbocycles. The minimum absolute atomic E-state index is 0.0539. The van der Waals surface area contributed by atoms with Crippen LogP contribution < -0.4 is 0 Å². The van der Waals surface area contributed by atoms with E-state index in [1.807, 2.05) is 0 Å². The van der Waals surface area contributed by atoms with Crippen LogP contribution in [0.3, 0.4) is 0 Å². The Morgan fingerprint density at radius 2 is 2.08 bits per heavy atom. The van der Waals surface area contributed by atoms with E-state index in [0.717, 1.165) is 6.42 Å². The molecule has 0 N–H and O–H groups in total. The Bertz CT molecular complexity index is 196. The summed E-state index contributed by atoms with van der Waals surface area (Å²) in [5.74, 6) is -0.458. The molecule has 3 heteroatoms. The molecule has 1 saturated heterocycles. The van der Waals surface area contributed by atoms with E-state index in [0.29, 0.717) is 13.0 Å². The summed E-state index contributed by atoms with van der Waals surface area (Å²) in [7, 11) is 0. The first-order chi connectivity index (χ1) is 5.91. The van der Waals surface area contributed by atoms with Crippen LogP contribution in [-0.4, -0.2) is 18.7 Å². The highest BCUT2D eigenvalue weighted by Gasteiger charge is 2.33. The molecule has 1 rings (SSSR count). The van der Waals surface area contributed by atoms with Gasteiger partial charge in [0.2, 0.25) is 0 Å². The molecule has 1 aliphatic rings. The second-order valence-electron chi connectivity index (χ2n) is 4.72. The smallest absolute Gasteiger partial charge is 0.340 e. The zero-order valence-electron chi connectivity index (χ0n) is 8.47. The molecule has 0 spiro atoms. The predicted molar refractivity (Wildman–Crippen MR) is 48.0 cm³/mol. The molecule has 2 nitrogen and oxygen atoms in total. The van der Waals surface area contributed by atoms with Gasteiger partial charge in [0.05, 0.1) is 6.61 Å². The summed E-state index contributed by atoms with van der Waals surface area (Å²) in [6, 6.07) is 0. The maximum absolute atomic E-state index is 13.1. The van der Waals surface area contributed by atoms with Crippen LogP contribution in [0.15, 0.2) is 0 Å². The van der Waals surface area contributed by atoms with Crippen molar-refractivity contribution in [1.82, 2.24) is 0 Å².